The molecule has 1 unspecified atom stereocenters. The van der Waals surface area contributed by atoms with Crippen molar-refractivity contribution in [1.29, 1.82) is 0 Å². The maximum atomic E-state index is 14.7. The van der Waals surface area contributed by atoms with E-state index in [4.69, 9.17) is 9.47 Å². The number of aliphatic hydroxyl groups is 1. The van der Waals surface area contributed by atoms with Crippen LogP contribution in [0.25, 0.3) is 5.76 Å². The number of halogens is 2. The number of benzene rings is 2. The van der Waals surface area contributed by atoms with Gasteiger partial charge in [0.1, 0.15) is 28.9 Å². The fourth-order valence-corrected chi connectivity index (χ4v) is 3.75. The standard InChI is InChI=1S/C24H18F2N2O5/c1-32-15-6-8-19(33-2)16(11-15)22(29)20-21(13-4-3-9-27-12-13)28(24(31)23(20)30)18-10-14(25)5-7-17(18)26/h3-12,21,29H,1-2H3/b22-20+. The van der Waals surface area contributed by atoms with Crippen LogP contribution in [0.15, 0.2) is 66.5 Å². The minimum atomic E-state index is -1.27. The van der Waals surface area contributed by atoms with Crippen LogP contribution in [0, 0.1) is 11.6 Å². The molecule has 0 bridgehead atoms. The van der Waals surface area contributed by atoms with Gasteiger partial charge in [-0.2, -0.15) is 0 Å². The number of ketones is 1. The molecule has 168 valence electrons. The number of carbonyl (C=O) groups is 2. The normalized spacial score (nSPS) is 17.3. The Labute approximate surface area is 187 Å². The first-order chi connectivity index (χ1) is 15.9. The van der Waals surface area contributed by atoms with Crippen LogP contribution >= 0.6 is 0 Å². The van der Waals surface area contributed by atoms with Crippen LogP contribution in [0.2, 0.25) is 0 Å². The number of Topliss-reactive ketones (excluding diaryl/α,β-unsaturated/α-hetero) is 1. The Morgan fingerprint density at radius 1 is 1.06 bits per heavy atom. The number of hydrogen-bond acceptors (Lipinski definition) is 6. The number of amides is 1. The van der Waals surface area contributed by atoms with Crippen LogP contribution in [0.1, 0.15) is 17.2 Å². The van der Waals surface area contributed by atoms with E-state index in [0.717, 1.165) is 23.1 Å². The van der Waals surface area contributed by atoms with Crippen molar-refractivity contribution in [2.24, 2.45) is 0 Å². The summed E-state index contributed by atoms with van der Waals surface area (Å²) in [6.45, 7) is 0. The predicted molar refractivity (Wildman–Crippen MR) is 115 cm³/mol. The van der Waals surface area contributed by atoms with E-state index >= 15 is 0 Å². The van der Waals surface area contributed by atoms with Crippen molar-refractivity contribution >= 4 is 23.1 Å². The molecule has 1 aliphatic heterocycles. The van der Waals surface area contributed by atoms with Gasteiger partial charge in [-0.25, -0.2) is 8.78 Å². The molecule has 9 heteroatoms. The molecule has 1 amide bonds. The van der Waals surface area contributed by atoms with Gasteiger partial charge in [0.2, 0.25) is 0 Å². The minimum absolute atomic E-state index is 0.0865. The number of pyridine rings is 1. The number of rotatable bonds is 5. The van der Waals surface area contributed by atoms with E-state index in [0.29, 0.717) is 11.3 Å². The number of nitrogens with zero attached hydrogens (tertiary/aromatic N) is 2. The summed E-state index contributed by atoms with van der Waals surface area (Å²) in [5.74, 6) is -3.90. The summed E-state index contributed by atoms with van der Waals surface area (Å²) in [6.07, 6.45) is 2.85. The summed E-state index contributed by atoms with van der Waals surface area (Å²) in [5.41, 5.74) is -0.377. The summed E-state index contributed by atoms with van der Waals surface area (Å²) in [5, 5.41) is 11.2. The van der Waals surface area contributed by atoms with E-state index in [1.165, 1.54) is 38.7 Å². The molecule has 1 aromatic heterocycles. The van der Waals surface area contributed by atoms with E-state index in [2.05, 4.69) is 4.98 Å². The van der Waals surface area contributed by atoms with Gasteiger partial charge in [-0.1, -0.05) is 6.07 Å². The third-order valence-electron chi connectivity index (χ3n) is 5.27. The van der Waals surface area contributed by atoms with E-state index in [1.54, 1.807) is 18.2 Å². The molecule has 4 rings (SSSR count). The SMILES string of the molecule is COc1ccc(OC)c(/C(O)=C2\C(=O)C(=O)N(c3cc(F)ccc3F)C2c2cccnc2)c1. The number of ether oxygens (including phenoxy) is 2. The zero-order valence-electron chi connectivity index (χ0n) is 17.6. The lowest BCUT2D eigenvalue weighted by atomic mass is 9.95. The van der Waals surface area contributed by atoms with Crippen molar-refractivity contribution < 1.29 is 33.0 Å². The van der Waals surface area contributed by atoms with E-state index < -0.39 is 40.8 Å². The number of aliphatic hydroxyl groups excluding tert-OH is 1. The van der Waals surface area contributed by atoms with Gasteiger partial charge in [-0.3, -0.25) is 19.5 Å². The third kappa shape index (κ3) is 3.78. The molecule has 1 aliphatic rings. The van der Waals surface area contributed by atoms with Crippen LogP contribution < -0.4 is 14.4 Å². The highest BCUT2D eigenvalue weighted by Gasteiger charge is 2.48. The number of carbonyl (C=O) groups excluding carboxylic acids is 2. The molecule has 1 N–H and O–H groups in total. The van der Waals surface area contributed by atoms with Gasteiger partial charge in [-0.05, 0) is 42.0 Å². The highest BCUT2D eigenvalue weighted by Crippen LogP contribution is 2.44. The van der Waals surface area contributed by atoms with E-state index in [-0.39, 0.29) is 16.9 Å². The Kier molecular flexibility index (Phi) is 5.78. The van der Waals surface area contributed by atoms with Gasteiger partial charge in [-0.15, -0.1) is 0 Å². The molecule has 7 nitrogen and oxygen atoms in total. The number of methoxy groups -OCH3 is 2. The first-order valence-electron chi connectivity index (χ1n) is 9.75. The van der Waals surface area contributed by atoms with E-state index in [9.17, 15) is 23.5 Å². The van der Waals surface area contributed by atoms with Gasteiger partial charge >= 0.3 is 0 Å². The van der Waals surface area contributed by atoms with Crippen molar-refractivity contribution in [3.05, 3.63) is 89.3 Å². The Hall–Kier alpha value is -4.27. The molecule has 1 atom stereocenters. The number of aromatic nitrogens is 1. The lowest BCUT2D eigenvalue weighted by Crippen LogP contribution is -2.30. The van der Waals surface area contributed by atoms with Gasteiger partial charge in [0.05, 0.1) is 37.1 Å². The summed E-state index contributed by atoms with van der Waals surface area (Å²) >= 11 is 0. The highest BCUT2D eigenvalue weighted by atomic mass is 19.1. The average Bonchev–Trinajstić information content (AvgIpc) is 3.10. The van der Waals surface area contributed by atoms with Gasteiger partial charge in [0.15, 0.2) is 0 Å². The summed E-state index contributed by atoms with van der Waals surface area (Å²) in [7, 11) is 2.80. The predicted octanol–water partition coefficient (Wildman–Crippen LogP) is 4.00. The highest BCUT2D eigenvalue weighted by molar-refractivity contribution is 6.51. The average molecular weight is 452 g/mol. The number of anilines is 1. The van der Waals surface area contributed by atoms with Crippen molar-refractivity contribution in [3.63, 3.8) is 0 Å². The Bertz CT molecular complexity index is 1280. The first kappa shape index (κ1) is 21.9. The quantitative estimate of drug-likeness (QED) is 0.358. The van der Waals surface area contributed by atoms with Crippen LogP contribution in [0.4, 0.5) is 14.5 Å². The molecule has 0 radical (unpaired) electrons. The van der Waals surface area contributed by atoms with Crippen molar-refractivity contribution in [3.8, 4) is 11.5 Å². The van der Waals surface area contributed by atoms with E-state index in [1.807, 2.05) is 0 Å². The molecule has 2 heterocycles. The molecular weight excluding hydrogens is 434 g/mol. The summed E-state index contributed by atoms with van der Waals surface area (Å²) < 4.78 is 39.1. The lowest BCUT2D eigenvalue weighted by Gasteiger charge is -2.25. The second-order valence-corrected chi connectivity index (χ2v) is 7.12. The summed E-state index contributed by atoms with van der Waals surface area (Å²) in [4.78, 5) is 31.0. The zero-order valence-corrected chi connectivity index (χ0v) is 17.6. The van der Waals surface area contributed by atoms with Crippen molar-refractivity contribution in [2.75, 3.05) is 19.1 Å². The second kappa shape index (κ2) is 8.70. The molecule has 0 spiro atoms. The smallest absolute Gasteiger partial charge is 0.300 e. The Morgan fingerprint density at radius 3 is 2.52 bits per heavy atom. The Balaban J connectivity index is 2.01. The van der Waals surface area contributed by atoms with Gasteiger partial charge in [0, 0.05) is 18.5 Å². The molecule has 1 fully saturated rings. The molecule has 33 heavy (non-hydrogen) atoms. The second-order valence-electron chi connectivity index (χ2n) is 7.12. The van der Waals surface area contributed by atoms with Crippen LogP contribution in [0.5, 0.6) is 11.5 Å². The zero-order chi connectivity index (χ0) is 23.7. The maximum Gasteiger partial charge on any atom is 0.300 e. The third-order valence-corrected chi connectivity index (χ3v) is 5.27. The monoisotopic (exact) mass is 452 g/mol. The minimum Gasteiger partial charge on any atom is -0.507 e. The first-order valence-corrected chi connectivity index (χ1v) is 9.75. The van der Waals surface area contributed by atoms with Crippen molar-refractivity contribution in [2.45, 2.75) is 6.04 Å². The largest absolute Gasteiger partial charge is 0.507 e. The van der Waals surface area contributed by atoms with Gasteiger partial charge in [0.25, 0.3) is 11.7 Å². The van der Waals surface area contributed by atoms with Crippen molar-refractivity contribution in [1.82, 2.24) is 4.98 Å². The lowest BCUT2D eigenvalue weighted by molar-refractivity contribution is -0.132. The fraction of sp³-hybridized carbons (Fsp3) is 0.125. The molecule has 2 aromatic carbocycles. The summed E-state index contributed by atoms with van der Waals surface area (Å²) in [6, 6.07) is 8.97. The van der Waals surface area contributed by atoms with Crippen LogP contribution in [-0.2, 0) is 9.59 Å². The number of hydrogen-bond donors (Lipinski definition) is 1. The molecule has 0 aliphatic carbocycles. The van der Waals surface area contributed by atoms with Gasteiger partial charge < -0.3 is 14.6 Å². The Morgan fingerprint density at radius 2 is 1.85 bits per heavy atom. The van der Waals surface area contributed by atoms with Crippen LogP contribution in [-0.4, -0.2) is 36.0 Å². The maximum absolute atomic E-state index is 14.7. The fourth-order valence-electron chi connectivity index (χ4n) is 3.75. The molecule has 1 saturated heterocycles. The topological polar surface area (TPSA) is 89.0 Å². The molecule has 3 aromatic rings. The molecular formula is C24H18F2N2O5. The van der Waals surface area contributed by atoms with Crippen LogP contribution in [0.3, 0.4) is 0 Å². The molecule has 0 saturated carbocycles.